The lowest BCUT2D eigenvalue weighted by atomic mass is 9.90. The SMILES string of the molecule is CC(C)(C)NS(=O)(=O)c1ccc(NC(=O)[C@@H](N)CC2CCN(C(=O)OCc3ccccc3)CC2)cc1.Cl. The van der Waals surface area contributed by atoms with Gasteiger partial charge < -0.3 is 20.7 Å². The lowest BCUT2D eigenvalue weighted by Crippen LogP contribution is -2.42. The number of halogens is 1. The summed E-state index contributed by atoms with van der Waals surface area (Å²) in [6, 6.07) is 14.8. The minimum absolute atomic E-state index is 0. The maximum Gasteiger partial charge on any atom is 0.410 e. The fraction of sp³-hybridized carbons (Fsp3) is 0.462. The van der Waals surface area contributed by atoms with Crippen molar-refractivity contribution in [3.8, 4) is 0 Å². The highest BCUT2D eigenvalue weighted by molar-refractivity contribution is 7.89. The molecule has 9 nitrogen and oxygen atoms in total. The number of carbonyl (C=O) groups excluding carboxylic acids is 2. The smallest absolute Gasteiger partial charge is 0.410 e. The Balaban J connectivity index is 0.00000481. The zero-order chi connectivity index (χ0) is 26.3. The lowest BCUT2D eigenvalue weighted by Gasteiger charge is -2.32. The Morgan fingerprint density at radius 2 is 1.65 bits per heavy atom. The molecule has 0 spiro atoms. The van der Waals surface area contributed by atoms with Crippen molar-refractivity contribution in [2.75, 3.05) is 18.4 Å². The monoisotopic (exact) mass is 552 g/mol. The van der Waals surface area contributed by atoms with Gasteiger partial charge in [0.05, 0.1) is 10.9 Å². The van der Waals surface area contributed by atoms with Crippen LogP contribution in [0.3, 0.4) is 0 Å². The van der Waals surface area contributed by atoms with Gasteiger partial charge in [0.2, 0.25) is 15.9 Å². The number of rotatable bonds is 8. The lowest BCUT2D eigenvalue weighted by molar-refractivity contribution is -0.117. The molecule has 4 N–H and O–H groups in total. The standard InChI is InChI=1S/C26H36N4O5S.ClH/c1-26(2,3)29-36(33,34)22-11-9-21(10-12-22)28-24(31)23(27)17-19-13-15-30(16-14-19)25(32)35-18-20-7-5-4-6-8-20;/h4-12,19,23,29H,13-18,27H2,1-3H3,(H,28,31);1H/t23-;/m0./s1. The highest BCUT2D eigenvalue weighted by Gasteiger charge is 2.27. The molecule has 2 amide bonds. The third kappa shape index (κ3) is 9.62. The summed E-state index contributed by atoms with van der Waals surface area (Å²) < 4.78 is 32.8. The number of piperidine rings is 1. The van der Waals surface area contributed by atoms with E-state index in [9.17, 15) is 18.0 Å². The van der Waals surface area contributed by atoms with E-state index in [1.165, 1.54) is 12.1 Å². The van der Waals surface area contributed by atoms with E-state index >= 15 is 0 Å². The van der Waals surface area contributed by atoms with Gasteiger partial charge in [0.1, 0.15) is 6.61 Å². The van der Waals surface area contributed by atoms with Gasteiger partial charge in [-0.3, -0.25) is 4.79 Å². The van der Waals surface area contributed by atoms with E-state index in [2.05, 4.69) is 10.0 Å². The second-order valence-electron chi connectivity index (χ2n) is 10.2. The molecule has 1 heterocycles. The molecule has 0 aliphatic carbocycles. The molecular formula is C26H37ClN4O5S. The van der Waals surface area contributed by atoms with E-state index in [1.807, 2.05) is 30.3 Å². The molecule has 1 aliphatic rings. The third-order valence-electron chi connectivity index (χ3n) is 5.87. The number of nitrogens with two attached hydrogens (primary N) is 1. The zero-order valence-electron chi connectivity index (χ0n) is 21.5. The van der Waals surface area contributed by atoms with Crippen LogP contribution in [0, 0.1) is 5.92 Å². The first kappa shape index (κ1) is 30.6. The topological polar surface area (TPSA) is 131 Å². The van der Waals surface area contributed by atoms with Crippen LogP contribution in [0.15, 0.2) is 59.5 Å². The number of nitrogens with one attached hydrogen (secondary N) is 2. The van der Waals surface area contributed by atoms with E-state index in [-0.39, 0.29) is 41.8 Å². The maximum absolute atomic E-state index is 12.6. The van der Waals surface area contributed by atoms with Gasteiger partial charge >= 0.3 is 6.09 Å². The number of hydrogen-bond donors (Lipinski definition) is 3. The summed E-state index contributed by atoms with van der Waals surface area (Å²) in [6.45, 7) is 6.66. The molecule has 11 heteroatoms. The van der Waals surface area contributed by atoms with Crippen LogP contribution in [-0.2, 0) is 26.2 Å². The number of sulfonamides is 1. The van der Waals surface area contributed by atoms with Gasteiger partial charge in [-0.15, -0.1) is 12.4 Å². The van der Waals surface area contributed by atoms with Crippen LogP contribution in [0.4, 0.5) is 10.5 Å². The molecule has 0 radical (unpaired) electrons. The van der Waals surface area contributed by atoms with Crippen molar-refractivity contribution >= 4 is 40.1 Å². The first-order chi connectivity index (χ1) is 16.9. The molecule has 1 atom stereocenters. The highest BCUT2D eigenvalue weighted by atomic mass is 35.5. The van der Waals surface area contributed by atoms with Gasteiger partial charge in [-0.1, -0.05) is 30.3 Å². The summed E-state index contributed by atoms with van der Waals surface area (Å²) in [6.07, 6.45) is 1.66. The van der Waals surface area contributed by atoms with E-state index in [0.29, 0.717) is 25.2 Å². The fourth-order valence-electron chi connectivity index (χ4n) is 4.04. The van der Waals surface area contributed by atoms with Crippen LogP contribution >= 0.6 is 12.4 Å². The van der Waals surface area contributed by atoms with Gasteiger partial charge in [-0.05, 0) is 75.8 Å². The first-order valence-electron chi connectivity index (χ1n) is 12.1. The summed E-state index contributed by atoms with van der Waals surface area (Å²) in [5, 5.41) is 2.75. The molecule has 0 bridgehead atoms. The van der Waals surface area contributed by atoms with Crippen LogP contribution in [0.25, 0.3) is 0 Å². The molecule has 1 saturated heterocycles. The van der Waals surface area contributed by atoms with Crippen molar-refractivity contribution in [1.82, 2.24) is 9.62 Å². The van der Waals surface area contributed by atoms with Gasteiger partial charge in [-0.2, -0.15) is 0 Å². The van der Waals surface area contributed by atoms with Crippen LogP contribution in [-0.4, -0.2) is 50.0 Å². The molecular weight excluding hydrogens is 516 g/mol. The van der Waals surface area contributed by atoms with Crippen LogP contribution in [0.5, 0.6) is 0 Å². The van der Waals surface area contributed by atoms with Crippen molar-refractivity contribution in [3.63, 3.8) is 0 Å². The molecule has 2 aromatic carbocycles. The Bertz CT molecular complexity index is 1130. The predicted octanol–water partition coefficient (Wildman–Crippen LogP) is 3.89. The summed E-state index contributed by atoms with van der Waals surface area (Å²) in [5.74, 6) is -0.108. The number of benzene rings is 2. The fourth-order valence-corrected chi connectivity index (χ4v) is 5.46. The average molecular weight is 553 g/mol. The van der Waals surface area contributed by atoms with Gasteiger partial charge in [0.25, 0.3) is 0 Å². The van der Waals surface area contributed by atoms with E-state index in [0.717, 1.165) is 18.4 Å². The van der Waals surface area contributed by atoms with Crippen LogP contribution in [0.2, 0.25) is 0 Å². The molecule has 0 unspecified atom stereocenters. The number of hydrogen-bond acceptors (Lipinski definition) is 6. The summed E-state index contributed by atoms with van der Waals surface area (Å²) >= 11 is 0. The average Bonchev–Trinajstić information content (AvgIpc) is 2.82. The Hall–Kier alpha value is -2.66. The van der Waals surface area contributed by atoms with Crippen molar-refractivity contribution in [2.45, 2.75) is 63.1 Å². The maximum atomic E-state index is 12.6. The normalized spacial score (nSPS) is 15.4. The second kappa shape index (κ2) is 13.2. The van der Waals surface area contributed by atoms with E-state index in [1.54, 1.807) is 37.8 Å². The number of likely N-dealkylation sites (tertiary alicyclic amines) is 1. The van der Waals surface area contributed by atoms with Gasteiger partial charge in [0, 0.05) is 24.3 Å². The molecule has 1 fully saturated rings. The van der Waals surface area contributed by atoms with Crippen LogP contribution in [0.1, 0.15) is 45.6 Å². The minimum Gasteiger partial charge on any atom is -0.445 e. The summed E-state index contributed by atoms with van der Waals surface area (Å²) in [4.78, 5) is 26.7. The zero-order valence-corrected chi connectivity index (χ0v) is 23.1. The Kier molecular flexibility index (Phi) is 10.9. The van der Waals surface area contributed by atoms with Crippen molar-refractivity contribution in [1.29, 1.82) is 0 Å². The number of anilines is 1. The van der Waals surface area contributed by atoms with Crippen molar-refractivity contribution in [3.05, 3.63) is 60.2 Å². The number of nitrogens with zero attached hydrogens (tertiary/aromatic N) is 1. The molecule has 37 heavy (non-hydrogen) atoms. The largest absolute Gasteiger partial charge is 0.445 e. The van der Waals surface area contributed by atoms with E-state index < -0.39 is 21.6 Å². The number of amides is 2. The van der Waals surface area contributed by atoms with Crippen LogP contribution < -0.4 is 15.8 Å². The van der Waals surface area contributed by atoms with Gasteiger partial charge in [0.15, 0.2) is 0 Å². The Morgan fingerprint density at radius 1 is 1.05 bits per heavy atom. The first-order valence-corrected chi connectivity index (χ1v) is 13.6. The summed E-state index contributed by atoms with van der Waals surface area (Å²) in [5.41, 5.74) is 6.96. The molecule has 0 aromatic heterocycles. The second-order valence-corrected chi connectivity index (χ2v) is 11.9. The molecule has 3 rings (SSSR count). The molecule has 204 valence electrons. The molecule has 1 aliphatic heterocycles. The molecule has 2 aromatic rings. The van der Waals surface area contributed by atoms with Crippen molar-refractivity contribution < 1.29 is 22.7 Å². The summed E-state index contributed by atoms with van der Waals surface area (Å²) in [7, 11) is -3.65. The highest BCUT2D eigenvalue weighted by Crippen LogP contribution is 2.23. The quantitative estimate of drug-likeness (QED) is 0.455. The third-order valence-corrected chi connectivity index (χ3v) is 7.65. The number of ether oxygens (including phenoxy) is 1. The Labute approximate surface area is 225 Å². The number of carbonyl (C=O) groups is 2. The minimum atomic E-state index is -3.65. The predicted molar refractivity (Wildman–Crippen MR) is 146 cm³/mol. The van der Waals surface area contributed by atoms with Crippen molar-refractivity contribution in [2.24, 2.45) is 11.7 Å². The van der Waals surface area contributed by atoms with Gasteiger partial charge in [-0.25, -0.2) is 17.9 Å². The van der Waals surface area contributed by atoms with E-state index in [4.69, 9.17) is 10.5 Å². The Morgan fingerprint density at radius 3 is 2.22 bits per heavy atom. The molecule has 0 saturated carbocycles.